The molecule has 3 nitrogen and oxygen atoms in total. The number of aromatic nitrogens is 1. The van der Waals surface area contributed by atoms with E-state index in [0.717, 1.165) is 10.3 Å². The first-order valence-corrected chi connectivity index (χ1v) is 6.97. The first kappa shape index (κ1) is 12.4. The zero-order valence-electron chi connectivity index (χ0n) is 10.2. The summed E-state index contributed by atoms with van der Waals surface area (Å²) in [5.74, 6) is 0.645. The lowest BCUT2D eigenvalue weighted by molar-refractivity contribution is 0.460. The summed E-state index contributed by atoms with van der Waals surface area (Å²) in [6.45, 7) is 2.06. The molecule has 0 aliphatic rings. The lowest BCUT2D eigenvalue weighted by atomic mass is 10.2. The zero-order chi connectivity index (χ0) is 13.2. The maximum Gasteiger partial charge on any atom is 0.189 e. The van der Waals surface area contributed by atoms with Crippen molar-refractivity contribution < 1.29 is 4.52 Å². The Balaban J connectivity index is 1.84. The number of aryl methyl sites for hydroxylation is 1. The Bertz CT molecular complexity index is 709. The molecule has 1 aromatic heterocycles. The molecule has 0 saturated carbocycles. The first-order chi connectivity index (χ1) is 9.24. The van der Waals surface area contributed by atoms with Gasteiger partial charge in [0.1, 0.15) is 0 Å². The number of nitrogens with zero attached hydrogens (tertiary/aromatic N) is 1. The van der Waals surface area contributed by atoms with Crippen molar-refractivity contribution in [2.45, 2.75) is 11.8 Å². The van der Waals surface area contributed by atoms with E-state index in [4.69, 9.17) is 16.1 Å². The van der Waals surface area contributed by atoms with Crippen LogP contribution in [0, 0.1) is 6.92 Å². The monoisotopic (exact) mass is 290 g/mol. The van der Waals surface area contributed by atoms with Crippen molar-refractivity contribution in [2.75, 3.05) is 4.72 Å². The maximum atomic E-state index is 6.16. The SMILES string of the molecule is Cc1ccc(SNc2noc3cccc(Cl)c23)cc1. The Hall–Kier alpha value is -1.65. The summed E-state index contributed by atoms with van der Waals surface area (Å²) in [5.41, 5.74) is 1.92. The summed E-state index contributed by atoms with van der Waals surface area (Å²) in [5, 5.41) is 5.44. The quantitative estimate of drug-likeness (QED) is 0.696. The van der Waals surface area contributed by atoms with Crippen LogP contribution in [0.2, 0.25) is 5.02 Å². The summed E-state index contributed by atoms with van der Waals surface area (Å²) >= 11 is 7.64. The van der Waals surface area contributed by atoms with Crippen LogP contribution in [0.5, 0.6) is 0 Å². The molecular weight excluding hydrogens is 280 g/mol. The fourth-order valence-corrected chi connectivity index (χ4v) is 2.62. The second-order valence-corrected chi connectivity index (χ2v) is 5.45. The molecule has 0 bridgehead atoms. The number of halogens is 1. The first-order valence-electron chi connectivity index (χ1n) is 5.77. The van der Waals surface area contributed by atoms with Gasteiger partial charge in [0.05, 0.1) is 10.4 Å². The van der Waals surface area contributed by atoms with Crippen LogP contribution in [-0.4, -0.2) is 5.16 Å². The van der Waals surface area contributed by atoms with Gasteiger partial charge in [-0.3, -0.25) is 0 Å². The van der Waals surface area contributed by atoms with E-state index in [0.29, 0.717) is 16.4 Å². The van der Waals surface area contributed by atoms with E-state index in [1.165, 1.54) is 17.5 Å². The Labute approximate surface area is 120 Å². The highest BCUT2D eigenvalue weighted by atomic mass is 35.5. The number of fused-ring (bicyclic) bond motifs is 1. The van der Waals surface area contributed by atoms with Crippen molar-refractivity contribution in [1.82, 2.24) is 5.16 Å². The predicted molar refractivity (Wildman–Crippen MR) is 79.7 cm³/mol. The number of rotatable bonds is 3. The van der Waals surface area contributed by atoms with Crippen molar-refractivity contribution in [3.63, 3.8) is 0 Å². The van der Waals surface area contributed by atoms with E-state index >= 15 is 0 Å². The van der Waals surface area contributed by atoms with Gasteiger partial charge < -0.3 is 9.25 Å². The lowest BCUT2D eigenvalue weighted by Gasteiger charge is -2.03. The van der Waals surface area contributed by atoms with Gasteiger partial charge in [-0.25, -0.2) is 0 Å². The van der Waals surface area contributed by atoms with Crippen molar-refractivity contribution in [2.24, 2.45) is 0 Å². The van der Waals surface area contributed by atoms with E-state index in [1.807, 2.05) is 18.2 Å². The third-order valence-electron chi connectivity index (χ3n) is 2.73. The van der Waals surface area contributed by atoms with Gasteiger partial charge in [0.25, 0.3) is 0 Å². The molecule has 0 aliphatic carbocycles. The maximum absolute atomic E-state index is 6.16. The normalized spacial score (nSPS) is 10.8. The van der Waals surface area contributed by atoms with Gasteiger partial charge in [0, 0.05) is 4.90 Å². The van der Waals surface area contributed by atoms with Crippen LogP contribution < -0.4 is 4.72 Å². The second kappa shape index (κ2) is 5.15. The Kier molecular flexibility index (Phi) is 3.36. The van der Waals surface area contributed by atoms with E-state index in [1.54, 1.807) is 0 Å². The molecule has 1 heterocycles. The largest absolute Gasteiger partial charge is 0.354 e. The summed E-state index contributed by atoms with van der Waals surface area (Å²) in [6, 6.07) is 13.7. The second-order valence-electron chi connectivity index (χ2n) is 4.16. The number of nitrogens with one attached hydrogen (secondary N) is 1. The van der Waals surface area contributed by atoms with Crippen molar-refractivity contribution in [3.05, 3.63) is 53.1 Å². The van der Waals surface area contributed by atoms with Gasteiger partial charge in [0.15, 0.2) is 11.4 Å². The lowest BCUT2D eigenvalue weighted by Crippen LogP contribution is -1.87. The Morgan fingerprint density at radius 1 is 1.16 bits per heavy atom. The van der Waals surface area contributed by atoms with Crippen LogP contribution in [0.15, 0.2) is 51.9 Å². The number of hydrogen-bond donors (Lipinski definition) is 1. The summed E-state index contributed by atoms with van der Waals surface area (Å²) < 4.78 is 8.40. The van der Waals surface area contributed by atoms with Crippen LogP contribution in [0.3, 0.4) is 0 Å². The summed E-state index contributed by atoms with van der Waals surface area (Å²) in [4.78, 5) is 1.11. The molecule has 0 fully saturated rings. The zero-order valence-corrected chi connectivity index (χ0v) is 11.8. The Morgan fingerprint density at radius 3 is 2.74 bits per heavy atom. The van der Waals surface area contributed by atoms with Crippen LogP contribution in [-0.2, 0) is 0 Å². The highest BCUT2D eigenvalue weighted by Crippen LogP contribution is 2.32. The molecule has 0 radical (unpaired) electrons. The van der Waals surface area contributed by atoms with E-state index in [-0.39, 0.29) is 0 Å². The molecule has 19 heavy (non-hydrogen) atoms. The molecule has 2 aromatic carbocycles. The molecule has 0 unspecified atom stereocenters. The van der Waals surface area contributed by atoms with Gasteiger partial charge >= 0.3 is 0 Å². The number of hydrogen-bond acceptors (Lipinski definition) is 4. The number of benzene rings is 2. The fraction of sp³-hybridized carbons (Fsp3) is 0.0714. The highest BCUT2D eigenvalue weighted by molar-refractivity contribution is 8.00. The van der Waals surface area contributed by atoms with Gasteiger partial charge in [-0.2, -0.15) is 0 Å². The minimum absolute atomic E-state index is 0.630. The standard InChI is InChI=1S/C14H11ClN2OS/c1-9-5-7-10(8-6-9)19-17-14-13-11(15)3-2-4-12(13)18-16-14/h2-8H,1H3,(H,16,17). The van der Waals surface area contributed by atoms with Gasteiger partial charge in [-0.15, -0.1) is 0 Å². The highest BCUT2D eigenvalue weighted by Gasteiger charge is 2.11. The molecule has 0 amide bonds. The van der Waals surface area contributed by atoms with Crippen molar-refractivity contribution in [3.8, 4) is 0 Å². The molecule has 0 spiro atoms. The Morgan fingerprint density at radius 2 is 1.95 bits per heavy atom. The topological polar surface area (TPSA) is 38.1 Å². The minimum atomic E-state index is 0.630. The molecule has 5 heteroatoms. The molecule has 1 N–H and O–H groups in total. The molecule has 0 aliphatic heterocycles. The molecule has 0 atom stereocenters. The van der Waals surface area contributed by atoms with E-state index < -0.39 is 0 Å². The predicted octanol–water partition coefficient (Wildman–Crippen LogP) is 4.91. The average molecular weight is 291 g/mol. The smallest absolute Gasteiger partial charge is 0.189 e. The molecule has 3 rings (SSSR count). The van der Waals surface area contributed by atoms with Crippen molar-refractivity contribution >= 4 is 40.3 Å². The third-order valence-corrected chi connectivity index (χ3v) is 3.85. The van der Waals surface area contributed by atoms with Gasteiger partial charge in [-0.05, 0) is 43.1 Å². The summed E-state index contributed by atoms with van der Waals surface area (Å²) in [7, 11) is 0. The van der Waals surface area contributed by atoms with Crippen molar-refractivity contribution in [1.29, 1.82) is 0 Å². The van der Waals surface area contributed by atoms with E-state index in [9.17, 15) is 0 Å². The van der Waals surface area contributed by atoms with Gasteiger partial charge in [0.2, 0.25) is 0 Å². The molecule has 3 aromatic rings. The number of anilines is 1. The fourth-order valence-electron chi connectivity index (χ4n) is 1.73. The van der Waals surface area contributed by atoms with Crippen LogP contribution in [0.25, 0.3) is 11.0 Å². The van der Waals surface area contributed by atoms with Crippen LogP contribution >= 0.6 is 23.5 Å². The van der Waals surface area contributed by atoms with Crippen LogP contribution in [0.4, 0.5) is 5.82 Å². The summed E-state index contributed by atoms with van der Waals surface area (Å²) in [6.07, 6.45) is 0. The molecule has 96 valence electrons. The van der Waals surface area contributed by atoms with Gasteiger partial charge in [-0.1, -0.05) is 40.5 Å². The molecular formula is C14H11ClN2OS. The van der Waals surface area contributed by atoms with E-state index in [2.05, 4.69) is 41.1 Å². The third kappa shape index (κ3) is 2.55. The minimum Gasteiger partial charge on any atom is -0.354 e. The van der Waals surface area contributed by atoms with Crippen LogP contribution in [0.1, 0.15) is 5.56 Å². The average Bonchev–Trinajstić information content (AvgIpc) is 2.83. The molecule has 0 saturated heterocycles.